The van der Waals surface area contributed by atoms with Crippen LogP contribution in [-0.4, -0.2) is 23.9 Å². The van der Waals surface area contributed by atoms with E-state index >= 15 is 0 Å². The molecule has 0 saturated heterocycles. The topological polar surface area (TPSA) is 118 Å². The number of nitrogens with zero attached hydrogens (tertiary/aromatic N) is 4. The summed E-state index contributed by atoms with van der Waals surface area (Å²) in [6.07, 6.45) is 1.83. The van der Waals surface area contributed by atoms with Gasteiger partial charge in [0.1, 0.15) is 6.07 Å². The van der Waals surface area contributed by atoms with Crippen molar-refractivity contribution >= 4 is 5.91 Å². The summed E-state index contributed by atoms with van der Waals surface area (Å²) in [7, 11) is 0. The van der Waals surface area contributed by atoms with E-state index in [0.717, 1.165) is 16.7 Å². The molecule has 30 heavy (non-hydrogen) atoms. The second-order valence-corrected chi connectivity index (χ2v) is 8.97. The Morgan fingerprint density at radius 3 is 2.23 bits per heavy atom. The number of rotatable bonds is 1. The van der Waals surface area contributed by atoms with Crippen LogP contribution in [0.1, 0.15) is 44.7 Å². The summed E-state index contributed by atoms with van der Waals surface area (Å²) in [6.45, 7) is 8.54. The van der Waals surface area contributed by atoms with Gasteiger partial charge in [0, 0.05) is 31.8 Å². The molecule has 1 aromatic carbocycles. The van der Waals surface area contributed by atoms with Crippen LogP contribution in [0.5, 0.6) is 0 Å². The average Bonchev–Trinajstić information content (AvgIpc) is 2.72. The molecular formula is C24H25N5O. The quantitative estimate of drug-likeness (QED) is 0.777. The molecule has 3 rings (SSSR count). The molecule has 1 aromatic rings. The van der Waals surface area contributed by atoms with Crippen molar-refractivity contribution in [1.29, 1.82) is 15.8 Å². The number of hydrogen-bond donors (Lipinski definition) is 1. The minimum absolute atomic E-state index is 0.00123. The minimum Gasteiger partial charge on any atom is -0.399 e. The summed E-state index contributed by atoms with van der Waals surface area (Å²) < 4.78 is 0. The molecular weight excluding hydrogens is 374 g/mol. The van der Waals surface area contributed by atoms with Crippen LogP contribution in [0.2, 0.25) is 0 Å². The molecule has 1 amide bonds. The zero-order valence-corrected chi connectivity index (χ0v) is 17.7. The van der Waals surface area contributed by atoms with Crippen molar-refractivity contribution in [1.82, 2.24) is 4.90 Å². The second-order valence-electron chi connectivity index (χ2n) is 8.97. The van der Waals surface area contributed by atoms with Crippen molar-refractivity contribution in [2.75, 3.05) is 13.1 Å². The van der Waals surface area contributed by atoms with Gasteiger partial charge in [-0.2, -0.15) is 15.8 Å². The number of carbonyl (C=O) groups is 1. The Morgan fingerprint density at radius 1 is 1.17 bits per heavy atom. The van der Waals surface area contributed by atoms with Crippen molar-refractivity contribution in [3.8, 4) is 18.2 Å². The molecule has 1 heterocycles. The van der Waals surface area contributed by atoms with Crippen molar-refractivity contribution in [2.24, 2.45) is 17.1 Å². The third-order valence-corrected chi connectivity index (χ3v) is 6.25. The summed E-state index contributed by atoms with van der Waals surface area (Å²) in [5, 5.41) is 30.0. The Morgan fingerprint density at radius 2 is 1.77 bits per heavy atom. The van der Waals surface area contributed by atoms with Gasteiger partial charge >= 0.3 is 0 Å². The molecule has 6 nitrogen and oxygen atoms in total. The van der Waals surface area contributed by atoms with Crippen LogP contribution >= 0.6 is 0 Å². The van der Waals surface area contributed by atoms with E-state index in [1.807, 2.05) is 30.3 Å². The zero-order chi connectivity index (χ0) is 22.3. The molecule has 6 heteroatoms. The van der Waals surface area contributed by atoms with Crippen LogP contribution in [0.3, 0.4) is 0 Å². The predicted octanol–water partition coefficient (Wildman–Crippen LogP) is 3.26. The van der Waals surface area contributed by atoms with Crippen LogP contribution in [0.15, 0.2) is 47.2 Å². The molecule has 0 fully saturated rings. The first kappa shape index (κ1) is 21.2. The number of carbonyl (C=O) groups excluding carboxylic acids is 1. The fourth-order valence-corrected chi connectivity index (χ4v) is 4.50. The maximum absolute atomic E-state index is 12.1. The van der Waals surface area contributed by atoms with Gasteiger partial charge in [0.15, 0.2) is 5.41 Å². The summed E-state index contributed by atoms with van der Waals surface area (Å²) in [4.78, 5) is 13.7. The van der Waals surface area contributed by atoms with Gasteiger partial charge in [0.05, 0.1) is 23.4 Å². The van der Waals surface area contributed by atoms with Gasteiger partial charge < -0.3 is 10.6 Å². The number of fused-ring (bicyclic) bond motifs is 1. The summed E-state index contributed by atoms with van der Waals surface area (Å²) in [5.74, 6) is -1.05. The molecule has 0 aromatic heterocycles. The highest BCUT2D eigenvalue weighted by molar-refractivity contribution is 5.74. The van der Waals surface area contributed by atoms with E-state index in [-0.39, 0.29) is 28.5 Å². The molecule has 0 saturated carbocycles. The Hall–Kier alpha value is -3.56. The molecule has 1 aliphatic carbocycles. The molecule has 0 radical (unpaired) electrons. The number of hydrogen-bond acceptors (Lipinski definition) is 5. The Balaban J connectivity index is 2.26. The lowest BCUT2D eigenvalue weighted by Gasteiger charge is -2.45. The van der Waals surface area contributed by atoms with E-state index in [0.29, 0.717) is 13.1 Å². The van der Waals surface area contributed by atoms with Crippen LogP contribution in [0.4, 0.5) is 0 Å². The highest BCUT2D eigenvalue weighted by atomic mass is 16.2. The molecule has 2 aliphatic rings. The lowest BCUT2D eigenvalue weighted by molar-refractivity contribution is -0.129. The van der Waals surface area contributed by atoms with Crippen molar-refractivity contribution in [3.63, 3.8) is 0 Å². The van der Waals surface area contributed by atoms with Crippen LogP contribution < -0.4 is 5.73 Å². The van der Waals surface area contributed by atoms with Gasteiger partial charge in [-0.3, -0.25) is 4.79 Å². The van der Waals surface area contributed by atoms with Crippen LogP contribution in [-0.2, 0) is 10.2 Å². The van der Waals surface area contributed by atoms with E-state index in [4.69, 9.17) is 5.73 Å². The van der Waals surface area contributed by atoms with Crippen LogP contribution in [0.25, 0.3) is 0 Å². The second kappa shape index (κ2) is 7.36. The summed E-state index contributed by atoms with van der Waals surface area (Å²) in [6, 6.07) is 14.2. The highest BCUT2D eigenvalue weighted by Gasteiger charge is 2.54. The van der Waals surface area contributed by atoms with Gasteiger partial charge in [-0.25, -0.2) is 0 Å². The molecule has 2 N–H and O–H groups in total. The monoisotopic (exact) mass is 399 g/mol. The Labute approximate surface area is 177 Å². The zero-order valence-electron chi connectivity index (χ0n) is 17.7. The highest BCUT2D eigenvalue weighted by Crippen LogP contribution is 2.54. The number of nitriles is 3. The van der Waals surface area contributed by atoms with Gasteiger partial charge in [0.2, 0.25) is 5.91 Å². The molecule has 152 valence electrons. The van der Waals surface area contributed by atoms with Gasteiger partial charge in [-0.15, -0.1) is 0 Å². The lowest BCUT2D eigenvalue weighted by atomic mass is 9.58. The summed E-state index contributed by atoms with van der Waals surface area (Å²) in [5.41, 5.74) is 7.42. The standard InChI is InChI=1S/C24H25N5O/c1-15(30)29-10-9-18-19(11-25)22(28)24(13-26,14-27)21(20(18)12-29)16-5-7-17(8-6-16)23(2,3)4/h5-9,20-21H,10,12,28H2,1-4H3/t20-,21+/m1/s1. The average molecular weight is 399 g/mol. The largest absolute Gasteiger partial charge is 0.399 e. The Bertz CT molecular complexity index is 1050. The van der Waals surface area contributed by atoms with E-state index in [2.05, 4.69) is 39.0 Å². The van der Waals surface area contributed by atoms with E-state index in [1.165, 1.54) is 6.92 Å². The van der Waals surface area contributed by atoms with Crippen LogP contribution in [0, 0.1) is 45.3 Å². The SMILES string of the molecule is CC(=O)N1CC=C2C(C#N)=C(N)C(C#N)(C#N)[C@@H](c3ccc(C(C)(C)C)cc3)[C@@H]2C1. The maximum Gasteiger partial charge on any atom is 0.219 e. The lowest BCUT2D eigenvalue weighted by Crippen LogP contribution is -2.48. The molecule has 0 unspecified atom stereocenters. The van der Waals surface area contributed by atoms with E-state index < -0.39 is 11.3 Å². The van der Waals surface area contributed by atoms with Crippen molar-refractivity contribution < 1.29 is 4.79 Å². The molecule has 0 spiro atoms. The first-order valence-electron chi connectivity index (χ1n) is 9.90. The number of allylic oxidation sites excluding steroid dienone is 2. The molecule has 0 bridgehead atoms. The number of nitrogens with two attached hydrogens (primary N) is 1. The normalized spacial score (nSPS) is 22.8. The number of benzene rings is 1. The smallest absolute Gasteiger partial charge is 0.219 e. The van der Waals surface area contributed by atoms with Gasteiger partial charge in [0.25, 0.3) is 0 Å². The Kier molecular flexibility index (Phi) is 5.19. The maximum atomic E-state index is 12.1. The number of amides is 1. The fraction of sp³-hybridized carbons (Fsp3) is 0.417. The van der Waals surface area contributed by atoms with E-state index in [1.54, 1.807) is 4.90 Å². The summed E-state index contributed by atoms with van der Waals surface area (Å²) >= 11 is 0. The third-order valence-electron chi connectivity index (χ3n) is 6.25. The third kappa shape index (κ3) is 3.14. The predicted molar refractivity (Wildman–Crippen MR) is 112 cm³/mol. The van der Waals surface area contributed by atoms with E-state index in [9.17, 15) is 20.6 Å². The fourth-order valence-electron chi connectivity index (χ4n) is 4.50. The van der Waals surface area contributed by atoms with Gasteiger partial charge in [-0.1, -0.05) is 51.1 Å². The first-order chi connectivity index (χ1) is 14.1. The van der Waals surface area contributed by atoms with Crippen molar-refractivity contribution in [3.05, 3.63) is 58.3 Å². The van der Waals surface area contributed by atoms with Crippen molar-refractivity contribution in [2.45, 2.75) is 39.0 Å². The first-order valence-corrected chi connectivity index (χ1v) is 9.90. The molecule has 1 aliphatic heterocycles. The molecule has 2 atom stereocenters. The van der Waals surface area contributed by atoms with Gasteiger partial charge in [-0.05, 0) is 22.1 Å². The minimum atomic E-state index is -1.68.